The number of nitrogens with one attached hydrogen (secondary N) is 1. The van der Waals surface area contributed by atoms with Gasteiger partial charge < -0.3 is 10.2 Å². The summed E-state index contributed by atoms with van der Waals surface area (Å²) in [7, 11) is 1.63. The molecule has 2 aliphatic heterocycles. The van der Waals surface area contributed by atoms with Crippen LogP contribution in [-0.2, 0) is 9.59 Å². The second-order valence-corrected chi connectivity index (χ2v) is 4.01. The summed E-state index contributed by atoms with van der Waals surface area (Å²) in [6.07, 6.45) is 1.71. The Morgan fingerprint density at radius 1 is 1.46 bits per heavy atom. The smallest absolute Gasteiger partial charge is 0.245 e. The van der Waals surface area contributed by atoms with Gasteiger partial charge in [-0.25, -0.2) is 0 Å². The topological polar surface area (TPSA) is 49.4 Å². The molecule has 13 heavy (non-hydrogen) atoms. The lowest BCUT2D eigenvalue weighted by atomic mass is 9.72. The van der Waals surface area contributed by atoms with Crippen LogP contribution in [0.5, 0.6) is 0 Å². The zero-order valence-electron chi connectivity index (χ0n) is 7.96. The van der Waals surface area contributed by atoms with E-state index in [2.05, 4.69) is 5.32 Å². The highest BCUT2D eigenvalue weighted by atomic mass is 16.2. The molecule has 2 heterocycles. The molecule has 72 valence electrons. The third-order valence-electron chi connectivity index (χ3n) is 3.24. The number of amides is 2. The zero-order chi connectivity index (χ0) is 9.64. The van der Waals surface area contributed by atoms with E-state index in [4.69, 9.17) is 0 Å². The Hall–Kier alpha value is -1.06. The number of carbonyl (C=O) groups excluding carboxylic acids is 2. The average Bonchev–Trinajstić information content (AvgIpc) is 2.55. The number of fused-ring (bicyclic) bond motifs is 1. The maximum atomic E-state index is 11.6. The first kappa shape index (κ1) is 8.53. The summed E-state index contributed by atoms with van der Waals surface area (Å²) in [5, 5.41) is 2.64. The molecule has 1 saturated carbocycles. The minimum Gasteiger partial charge on any atom is -0.357 e. The van der Waals surface area contributed by atoms with Crippen LogP contribution < -0.4 is 5.32 Å². The molecule has 0 radical (unpaired) electrons. The van der Waals surface area contributed by atoms with Crippen LogP contribution in [0.15, 0.2) is 0 Å². The van der Waals surface area contributed by atoms with E-state index in [0.29, 0.717) is 5.92 Å². The van der Waals surface area contributed by atoms with E-state index in [9.17, 15) is 9.59 Å². The minimum atomic E-state index is -0.481. The molecule has 0 aromatic rings. The predicted octanol–water partition coefficient (Wildman–Crippen LogP) is -0.257. The van der Waals surface area contributed by atoms with Crippen molar-refractivity contribution in [1.82, 2.24) is 10.2 Å². The Bertz CT molecular complexity index is 269. The summed E-state index contributed by atoms with van der Waals surface area (Å²) in [5.41, 5.74) is -0.481. The van der Waals surface area contributed by atoms with Gasteiger partial charge in [-0.15, -0.1) is 0 Å². The highest BCUT2D eigenvalue weighted by molar-refractivity contribution is 5.93. The van der Waals surface area contributed by atoms with Gasteiger partial charge in [-0.3, -0.25) is 9.59 Å². The Labute approximate surface area is 77.3 Å². The molecule has 2 amide bonds. The van der Waals surface area contributed by atoms with Gasteiger partial charge in [-0.1, -0.05) is 0 Å². The summed E-state index contributed by atoms with van der Waals surface area (Å²) in [6.45, 7) is 2.30. The molecule has 1 N–H and O–H groups in total. The van der Waals surface area contributed by atoms with Crippen molar-refractivity contribution < 1.29 is 9.59 Å². The van der Waals surface area contributed by atoms with Crippen LogP contribution in [0.4, 0.5) is 0 Å². The highest BCUT2D eigenvalue weighted by Gasteiger charge is 2.61. The molecule has 0 unspecified atom stereocenters. The van der Waals surface area contributed by atoms with E-state index >= 15 is 0 Å². The van der Waals surface area contributed by atoms with Gasteiger partial charge in [0.1, 0.15) is 5.54 Å². The third-order valence-corrected chi connectivity index (χ3v) is 3.24. The number of likely N-dealkylation sites (N-methyl/N-ethyl adjacent to an activating group) is 1. The molecule has 3 rings (SSSR count). The van der Waals surface area contributed by atoms with Gasteiger partial charge in [0.2, 0.25) is 11.8 Å². The van der Waals surface area contributed by atoms with Crippen molar-refractivity contribution in [3.05, 3.63) is 0 Å². The molecule has 0 aromatic carbocycles. The van der Waals surface area contributed by atoms with Crippen LogP contribution in [0.3, 0.4) is 0 Å². The van der Waals surface area contributed by atoms with Gasteiger partial charge in [0.15, 0.2) is 0 Å². The predicted molar refractivity (Wildman–Crippen MR) is 46.9 cm³/mol. The maximum Gasteiger partial charge on any atom is 0.245 e. The van der Waals surface area contributed by atoms with Crippen LogP contribution in [0.2, 0.25) is 0 Å². The monoisotopic (exact) mass is 182 g/mol. The fourth-order valence-corrected chi connectivity index (χ4v) is 2.65. The highest BCUT2D eigenvalue weighted by Crippen LogP contribution is 2.50. The fraction of sp³-hybridized carbons (Fsp3) is 0.778. The fourth-order valence-electron chi connectivity index (χ4n) is 2.65. The SMILES string of the molecule is CNC(=O)C12CC(CN1C(C)=O)C2. The van der Waals surface area contributed by atoms with Gasteiger partial charge in [-0.05, 0) is 18.8 Å². The van der Waals surface area contributed by atoms with Gasteiger partial charge in [0.05, 0.1) is 0 Å². The molecule has 4 nitrogen and oxygen atoms in total. The maximum absolute atomic E-state index is 11.6. The summed E-state index contributed by atoms with van der Waals surface area (Å²) < 4.78 is 0. The van der Waals surface area contributed by atoms with Crippen LogP contribution in [0, 0.1) is 5.92 Å². The third kappa shape index (κ3) is 0.913. The Balaban J connectivity index is 2.23. The molecule has 2 saturated heterocycles. The van der Waals surface area contributed by atoms with Crippen molar-refractivity contribution in [3.63, 3.8) is 0 Å². The van der Waals surface area contributed by atoms with E-state index < -0.39 is 5.54 Å². The molecular weight excluding hydrogens is 168 g/mol. The first-order valence-corrected chi connectivity index (χ1v) is 4.60. The molecule has 0 spiro atoms. The van der Waals surface area contributed by atoms with E-state index in [0.717, 1.165) is 19.4 Å². The number of carbonyl (C=O) groups is 2. The molecule has 1 aliphatic carbocycles. The van der Waals surface area contributed by atoms with Crippen molar-refractivity contribution in [3.8, 4) is 0 Å². The molecule has 2 bridgehead atoms. The lowest BCUT2D eigenvalue weighted by Crippen LogP contribution is -2.57. The standard InChI is InChI=1S/C9H14N2O2/c1-6(12)11-5-7-3-9(11,4-7)8(13)10-2/h7H,3-5H2,1-2H3,(H,10,13). The van der Waals surface area contributed by atoms with Crippen molar-refractivity contribution in [2.24, 2.45) is 5.92 Å². The van der Waals surface area contributed by atoms with Gasteiger partial charge in [0, 0.05) is 20.5 Å². The second kappa shape index (κ2) is 2.47. The lowest BCUT2D eigenvalue weighted by Gasteiger charge is -2.39. The second-order valence-electron chi connectivity index (χ2n) is 4.01. The quantitative estimate of drug-likeness (QED) is 0.607. The van der Waals surface area contributed by atoms with Crippen molar-refractivity contribution in [1.29, 1.82) is 0 Å². The first-order chi connectivity index (χ1) is 6.10. The molecule has 0 aromatic heterocycles. The van der Waals surface area contributed by atoms with E-state index in [1.807, 2.05) is 0 Å². The van der Waals surface area contributed by atoms with E-state index in [-0.39, 0.29) is 11.8 Å². The number of hydrogen-bond donors (Lipinski definition) is 1. The van der Waals surface area contributed by atoms with E-state index in [1.165, 1.54) is 6.92 Å². The van der Waals surface area contributed by atoms with Gasteiger partial charge in [0.25, 0.3) is 0 Å². The molecule has 0 atom stereocenters. The zero-order valence-corrected chi connectivity index (χ0v) is 7.96. The summed E-state index contributed by atoms with van der Waals surface area (Å²) in [4.78, 5) is 24.6. The summed E-state index contributed by atoms with van der Waals surface area (Å²) in [6, 6.07) is 0. The van der Waals surface area contributed by atoms with Crippen LogP contribution in [0.25, 0.3) is 0 Å². The van der Waals surface area contributed by atoms with Crippen molar-refractivity contribution in [2.45, 2.75) is 25.3 Å². The van der Waals surface area contributed by atoms with Crippen LogP contribution in [-0.4, -0.2) is 35.8 Å². The van der Waals surface area contributed by atoms with Crippen LogP contribution >= 0.6 is 0 Å². The minimum absolute atomic E-state index is 0.00329. The summed E-state index contributed by atoms with van der Waals surface area (Å²) >= 11 is 0. The van der Waals surface area contributed by atoms with Crippen molar-refractivity contribution >= 4 is 11.8 Å². The number of nitrogens with zero attached hydrogens (tertiary/aromatic N) is 1. The Morgan fingerprint density at radius 3 is 2.54 bits per heavy atom. The molecule has 4 heteroatoms. The lowest BCUT2D eigenvalue weighted by molar-refractivity contribution is -0.144. The average molecular weight is 182 g/mol. The summed E-state index contributed by atoms with van der Waals surface area (Å²) in [5.74, 6) is 0.571. The largest absolute Gasteiger partial charge is 0.357 e. The van der Waals surface area contributed by atoms with Crippen molar-refractivity contribution in [2.75, 3.05) is 13.6 Å². The van der Waals surface area contributed by atoms with E-state index in [1.54, 1.807) is 11.9 Å². The number of hydrogen-bond acceptors (Lipinski definition) is 2. The van der Waals surface area contributed by atoms with Gasteiger partial charge >= 0.3 is 0 Å². The molecule has 3 fully saturated rings. The molecular formula is C9H14N2O2. The van der Waals surface area contributed by atoms with Gasteiger partial charge in [-0.2, -0.15) is 0 Å². The molecule has 3 aliphatic rings. The Morgan fingerprint density at radius 2 is 2.08 bits per heavy atom. The normalized spacial score (nSPS) is 35.5. The number of rotatable bonds is 1. The Kier molecular flexibility index (Phi) is 1.62. The van der Waals surface area contributed by atoms with Crippen LogP contribution in [0.1, 0.15) is 19.8 Å². The first-order valence-electron chi connectivity index (χ1n) is 4.60.